The van der Waals surface area contributed by atoms with Gasteiger partial charge < -0.3 is 19.7 Å². The molecule has 0 spiro atoms. The Hall–Kier alpha value is -1.79. The summed E-state index contributed by atoms with van der Waals surface area (Å²) in [6, 6.07) is 5.36. The minimum Gasteiger partial charge on any atom is -0.497 e. The van der Waals surface area contributed by atoms with E-state index in [1.54, 1.807) is 32.4 Å². The number of hydrogen-bond acceptors (Lipinski definition) is 5. The second-order valence-electron chi connectivity index (χ2n) is 5.32. The molecule has 0 bridgehead atoms. The van der Waals surface area contributed by atoms with Gasteiger partial charge in [-0.3, -0.25) is 9.69 Å². The molecule has 1 aliphatic rings. The summed E-state index contributed by atoms with van der Waals surface area (Å²) in [6.45, 7) is 7.56. The summed E-state index contributed by atoms with van der Waals surface area (Å²) in [5.74, 6) is 1.28. The second kappa shape index (κ2) is 8.00. The smallest absolute Gasteiger partial charge is 0.238 e. The summed E-state index contributed by atoms with van der Waals surface area (Å²) in [5.41, 5.74) is 0.667. The van der Waals surface area contributed by atoms with Crippen LogP contribution in [0.15, 0.2) is 18.2 Å². The summed E-state index contributed by atoms with van der Waals surface area (Å²) in [5, 5.41) is 2.91. The highest BCUT2D eigenvalue weighted by Crippen LogP contribution is 2.28. The Labute approximate surface area is 132 Å². The van der Waals surface area contributed by atoms with Crippen molar-refractivity contribution in [1.82, 2.24) is 9.80 Å². The molecular weight excluding hydrogens is 282 g/mol. The second-order valence-corrected chi connectivity index (χ2v) is 5.32. The number of amides is 1. The van der Waals surface area contributed by atoms with Crippen molar-refractivity contribution in [3.05, 3.63) is 18.2 Å². The van der Waals surface area contributed by atoms with Crippen LogP contribution in [0, 0.1) is 0 Å². The van der Waals surface area contributed by atoms with Gasteiger partial charge in [0.1, 0.15) is 11.5 Å². The molecule has 1 saturated heterocycles. The molecule has 0 aliphatic carbocycles. The van der Waals surface area contributed by atoms with Crippen molar-refractivity contribution >= 4 is 11.6 Å². The van der Waals surface area contributed by atoms with E-state index < -0.39 is 0 Å². The number of carbonyl (C=O) groups is 1. The topological polar surface area (TPSA) is 54.0 Å². The number of benzene rings is 1. The van der Waals surface area contributed by atoms with Crippen LogP contribution < -0.4 is 14.8 Å². The monoisotopic (exact) mass is 307 g/mol. The number of ether oxygens (including phenoxy) is 2. The lowest BCUT2D eigenvalue weighted by Crippen LogP contribution is -2.48. The van der Waals surface area contributed by atoms with E-state index in [1.807, 2.05) is 0 Å². The number of anilines is 1. The molecule has 6 heteroatoms. The third-order valence-corrected chi connectivity index (χ3v) is 3.96. The predicted molar refractivity (Wildman–Crippen MR) is 86.7 cm³/mol. The average Bonchev–Trinajstić information content (AvgIpc) is 2.55. The number of carbonyl (C=O) groups excluding carboxylic acids is 1. The number of likely N-dealkylation sites (N-methyl/N-ethyl adjacent to an activating group) is 1. The van der Waals surface area contributed by atoms with Gasteiger partial charge in [0.25, 0.3) is 0 Å². The maximum Gasteiger partial charge on any atom is 0.238 e. The molecule has 122 valence electrons. The average molecular weight is 307 g/mol. The van der Waals surface area contributed by atoms with Crippen LogP contribution in [0.5, 0.6) is 11.5 Å². The van der Waals surface area contributed by atoms with Crippen LogP contribution in [0.1, 0.15) is 6.92 Å². The van der Waals surface area contributed by atoms with Crippen LogP contribution in [0.25, 0.3) is 0 Å². The summed E-state index contributed by atoms with van der Waals surface area (Å²) in [6.07, 6.45) is 0. The zero-order valence-corrected chi connectivity index (χ0v) is 13.6. The van der Waals surface area contributed by atoms with E-state index in [-0.39, 0.29) is 5.91 Å². The highest BCUT2D eigenvalue weighted by atomic mass is 16.5. The third kappa shape index (κ3) is 4.35. The number of piperazine rings is 1. The number of nitrogens with zero attached hydrogens (tertiary/aromatic N) is 2. The molecule has 1 fully saturated rings. The van der Waals surface area contributed by atoms with E-state index >= 15 is 0 Å². The summed E-state index contributed by atoms with van der Waals surface area (Å²) in [4.78, 5) is 16.8. The zero-order chi connectivity index (χ0) is 15.9. The Kier molecular flexibility index (Phi) is 6.03. The minimum absolute atomic E-state index is 0.0200. The third-order valence-electron chi connectivity index (χ3n) is 3.96. The van der Waals surface area contributed by atoms with E-state index in [0.29, 0.717) is 23.7 Å². The Morgan fingerprint density at radius 2 is 1.82 bits per heavy atom. The SMILES string of the molecule is CCN1CCN(CC(=O)Nc2ccc(OC)cc2OC)CC1. The summed E-state index contributed by atoms with van der Waals surface area (Å²) >= 11 is 0. The maximum absolute atomic E-state index is 12.2. The van der Waals surface area contributed by atoms with Crippen molar-refractivity contribution < 1.29 is 14.3 Å². The molecule has 2 rings (SSSR count). The van der Waals surface area contributed by atoms with Gasteiger partial charge in [-0.25, -0.2) is 0 Å². The number of methoxy groups -OCH3 is 2. The van der Waals surface area contributed by atoms with Crippen molar-refractivity contribution in [3.8, 4) is 11.5 Å². The highest BCUT2D eigenvalue weighted by Gasteiger charge is 2.18. The Morgan fingerprint density at radius 3 is 2.41 bits per heavy atom. The standard InChI is InChI=1S/C16H25N3O3/c1-4-18-7-9-19(10-8-18)12-16(20)17-14-6-5-13(21-2)11-15(14)22-3/h5-6,11H,4,7-10,12H2,1-3H3,(H,17,20). The minimum atomic E-state index is -0.0200. The summed E-state index contributed by atoms with van der Waals surface area (Å²) in [7, 11) is 3.18. The highest BCUT2D eigenvalue weighted by molar-refractivity contribution is 5.93. The van der Waals surface area contributed by atoms with Crippen LogP contribution in [0.4, 0.5) is 5.69 Å². The van der Waals surface area contributed by atoms with Gasteiger partial charge >= 0.3 is 0 Å². The quantitative estimate of drug-likeness (QED) is 0.858. The van der Waals surface area contributed by atoms with Crippen LogP contribution in [-0.2, 0) is 4.79 Å². The molecule has 22 heavy (non-hydrogen) atoms. The first-order valence-corrected chi connectivity index (χ1v) is 7.62. The molecule has 6 nitrogen and oxygen atoms in total. The van der Waals surface area contributed by atoms with Crippen LogP contribution in [-0.4, -0.2) is 69.2 Å². The Morgan fingerprint density at radius 1 is 1.14 bits per heavy atom. The molecule has 1 amide bonds. The fraction of sp³-hybridized carbons (Fsp3) is 0.562. The molecule has 1 aromatic carbocycles. The van der Waals surface area contributed by atoms with Crippen molar-refractivity contribution in [2.75, 3.05) is 58.8 Å². The largest absolute Gasteiger partial charge is 0.497 e. The molecule has 0 atom stereocenters. The Balaban J connectivity index is 1.89. The van der Waals surface area contributed by atoms with Gasteiger partial charge in [-0.2, -0.15) is 0 Å². The molecular formula is C16H25N3O3. The van der Waals surface area contributed by atoms with Crippen molar-refractivity contribution in [1.29, 1.82) is 0 Å². The number of hydrogen-bond donors (Lipinski definition) is 1. The van der Waals surface area contributed by atoms with Crippen LogP contribution >= 0.6 is 0 Å². The molecule has 1 aromatic rings. The molecule has 1 aliphatic heterocycles. The van der Waals surface area contributed by atoms with E-state index in [0.717, 1.165) is 32.7 Å². The Bertz CT molecular complexity index is 499. The summed E-state index contributed by atoms with van der Waals surface area (Å²) < 4.78 is 10.4. The van der Waals surface area contributed by atoms with Gasteiger partial charge in [-0.1, -0.05) is 6.92 Å². The lowest BCUT2D eigenvalue weighted by atomic mass is 10.2. The van der Waals surface area contributed by atoms with E-state index in [1.165, 1.54) is 0 Å². The molecule has 0 unspecified atom stereocenters. The molecule has 1 N–H and O–H groups in total. The molecule has 1 heterocycles. The van der Waals surface area contributed by atoms with Gasteiger partial charge in [0.15, 0.2) is 0 Å². The normalized spacial score (nSPS) is 16.3. The van der Waals surface area contributed by atoms with Gasteiger partial charge in [-0.15, -0.1) is 0 Å². The van der Waals surface area contributed by atoms with Gasteiger partial charge in [0, 0.05) is 32.2 Å². The lowest BCUT2D eigenvalue weighted by molar-refractivity contribution is -0.117. The molecule has 0 aromatic heterocycles. The fourth-order valence-corrected chi connectivity index (χ4v) is 2.56. The van der Waals surface area contributed by atoms with Crippen LogP contribution in [0.2, 0.25) is 0 Å². The van der Waals surface area contributed by atoms with Crippen molar-refractivity contribution in [3.63, 3.8) is 0 Å². The first-order valence-electron chi connectivity index (χ1n) is 7.62. The first kappa shape index (κ1) is 16.6. The van der Waals surface area contributed by atoms with Gasteiger partial charge in [0.2, 0.25) is 5.91 Å². The van der Waals surface area contributed by atoms with Crippen molar-refractivity contribution in [2.45, 2.75) is 6.92 Å². The zero-order valence-electron chi connectivity index (χ0n) is 13.6. The lowest BCUT2D eigenvalue weighted by Gasteiger charge is -2.33. The fourth-order valence-electron chi connectivity index (χ4n) is 2.56. The van der Waals surface area contributed by atoms with Crippen molar-refractivity contribution in [2.24, 2.45) is 0 Å². The van der Waals surface area contributed by atoms with E-state index in [4.69, 9.17) is 9.47 Å². The number of nitrogens with one attached hydrogen (secondary N) is 1. The van der Waals surface area contributed by atoms with E-state index in [2.05, 4.69) is 22.0 Å². The van der Waals surface area contributed by atoms with Crippen LogP contribution in [0.3, 0.4) is 0 Å². The van der Waals surface area contributed by atoms with E-state index in [9.17, 15) is 4.79 Å². The predicted octanol–water partition coefficient (Wildman–Crippen LogP) is 1.28. The first-order chi connectivity index (χ1) is 10.7. The number of rotatable bonds is 6. The molecule has 0 saturated carbocycles. The molecule has 0 radical (unpaired) electrons. The van der Waals surface area contributed by atoms with Gasteiger partial charge in [0.05, 0.1) is 26.5 Å². The van der Waals surface area contributed by atoms with Gasteiger partial charge in [-0.05, 0) is 18.7 Å². The maximum atomic E-state index is 12.2.